The molecule has 2 rings (SSSR count). The molecule has 0 N–H and O–H groups in total. The number of hydrogen-bond donors (Lipinski definition) is 0. The summed E-state index contributed by atoms with van der Waals surface area (Å²) in [7, 11) is 1.74. The number of anilines is 1. The van der Waals surface area contributed by atoms with Crippen LogP contribution in [0.2, 0.25) is 5.15 Å². The molecule has 16 heavy (non-hydrogen) atoms. The van der Waals surface area contributed by atoms with Crippen molar-refractivity contribution in [1.82, 2.24) is 9.97 Å². The van der Waals surface area contributed by atoms with E-state index in [9.17, 15) is 0 Å². The van der Waals surface area contributed by atoms with Crippen LogP contribution in [0.4, 0.5) is 5.82 Å². The Morgan fingerprint density at radius 2 is 2.19 bits per heavy atom. The Morgan fingerprint density at radius 1 is 1.44 bits per heavy atom. The van der Waals surface area contributed by atoms with Crippen LogP contribution < -0.4 is 4.90 Å². The molecule has 0 aromatic carbocycles. The fourth-order valence-corrected chi connectivity index (χ4v) is 2.39. The van der Waals surface area contributed by atoms with Crippen molar-refractivity contribution in [2.75, 3.05) is 31.7 Å². The summed E-state index contributed by atoms with van der Waals surface area (Å²) in [4.78, 5) is 10.5. The monoisotopic (exact) mass is 241 g/mol. The average molecular weight is 242 g/mol. The smallest absolute Gasteiger partial charge is 0.171 e. The fraction of sp³-hybridized carbons (Fsp3) is 0.636. The van der Waals surface area contributed by atoms with Gasteiger partial charge in [-0.05, 0) is 5.92 Å². The number of ether oxygens (including phenoxy) is 1. The van der Waals surface area contributed by atoms with E-state index in [1.54, 1.807) is 19.5 Å². The molecular formula is C11H16ClN3O. The summed E-state index contributed by atoms with van der Waals surface area (Å²) < 4.78 is 5.21. The van der Waals surface area contributed by atoms with Crippen LogP contribution in [0.25, 0.3) is 0 Å². The highest BCUT2D eigenvalue weighted by Gasteiger charge is 2.31. The van der Waals surface area contributed by atoms with Crippen LogP contribution in [0, 0.1) is 11.8 Å². The molecule has 2 atom stereocenters. The molecule has 1 aromatic heterocycles. The van der Waals surface area contributed by atoms with Crippen molar-refractivity contribution in [3.63, 3.8) is 0 Å². The van der Waals surface area contributed by atoms with Gasteiger partial charge in [-0.2, -0.15) is 0 Å². The predicted octanol–water partition coefficient (Wildman–Crippen LogP) is 1.85. The molecule has 0 radical (unpaired) electrons. The van der Waals surface area contributed by atoms with Gasteiger partial charge >= 0.3 is 0 Å². The van der Waals surface area contributed by atoms with E-state index in [0.29, 0.717) is 17.0 Å². The predicted molar refractivity (Wildman–Crippen MR) is 63.8 cm³/mol. The summed E-state index contributed by atoms with van der Waals surface area (Å²) in [6, 6.07) is 0. The van der Waals surface area contributed by atoms with E-state index in [1.807, 2.05) is 0 Å². The second-order valence-corrected chi connectivity index (χ2v) is 4.63. The highest BCUT2D eigenvalue weighted by atomic mass is 35.5. The lowest BCUT2D eigenvalue weighted by Gasteiger charge is -2.17. The summed E-state index contributed by atoms with van der Waals surface area (Å²) >= 11 is 6.03. The van der Waals surface area contributed by atoms with Gasteiger partial charge in [-0.25, -0.2) is 9.97 Å². The molecule has 0 saturated carbocycles. The van der Waals surface area contributed by atoms with Gasteiger partial charge in [-0.1, -0.05) is 18.5 Å². The Hall–Kier alpha value is -0.870. The van der Waals surface area contributed by atoms with Crippen molar-refractivity contribution in [1.29, 1.82) is 0 Å². The fourth-order valence-electron chi connectivity index (χ4n) is 2.16. The minimum atomic E-state index is 0.479. The van der Waals surface area contributed by atoms with E-state index >= 15 is 0 Å². The molecule has 1 aliphatic rings. The van der Waals surface area contributed by atoms with Gasteiger partial charge in [0.25, 0.3) is 0 Å². The first-order valence-corrected chi connectivity index (χ1v) is 5.80. The number of nitrogens with zero attached hydrogens (tertiary/aromatic N) is 3. The molecule has 0 spiro atoms. The number of aromatic nitrogens is 2. The van der Waals surface area contributed by atoms with Gasteiger partial charge in [0.15, 0.2) is 11.0 Å². The third-order valence-electron chi connectivity index (χ3n) is 3.08. The lowest BCUT2D eigenvalue weighted by molar-refractivity contribution is 0.144. The van der Waals surface area contributed by atoms with E-state index in [-0.39, 0.29) is 0 Å². The van der Waals surface area contributed by atoms with Gasteiger partial charge in [0.1, 0.15) is 0 Å². The van der Waals surface area contributed by atoms with Crippen molar-refractivity contribution in [2.24, 2.45) is 11.8 Å². The second kappa shape index (κ2) is 4.97. The minimum absolute atomic E-state index is 0.479. The summed E-state index contributed by atoms with van der Waals surface area (Å²) in [5, 5.41) is 0.479. The highest BCUT2D eigenvalue weighted by molar-refractivity contribution is 6.31. The molecule has 1 aromatic rings. The average Bonchev–Trinajstić information content (AvgIpc) is 2.61. The van der Waals surface area contributed by atoms with Crippen molar-refractivity contribution in [3.05, 3.63) is 17.5 Å². The lowest BCUT2D eigenvalue weighted by Crippen LogP contribution is -2.22. The Labute approximate surface area is 101 Å². The molecule has 2 heterocycles. The van der Waals surface area contributed by atoms with Gasteiger partial charge in [0, 0.05) is 38.5 Å². The van der Waals surface area contributed by atoms with Crippen LogP contribution in [-0.2, 0) is 4.74 Å². The first kappa shape index (κ1) is 11.6. The molecule has 5 heteroatoms. The maximum absolute atomic E-state index is 6.03. The third kappa shape index (κ3) is 2.28. The molecule has 1 aliphatic heterocycles. The normalized spacial score (nSPS) is 25.1. The minimum Gasteiger partial charge on any atom is -0.384 e. The van der Waals surface area contributed by atoms with E-state index in [2.05, 4.69) is 21.8 Å². The zero-order valence-corrected chi connectivity index (χ0v) is 10.3. The van der Waals surface area contributed by atoms with Crippen LogP contribution in [0.1, 0.15) is 6.92 Å². The van der Waals surface area contributed by atoms with Crippen LogP contribution in [0.15, 0.2) is 12.4 Å². The van der Waals surface area contributed by atoms with Crippen molar-refractivity contribution in [3.8, 4) is 0 Å². The zero-order chi connectivity index (χ0) is 11.5. The molecule has 0 aliphatic carbocycles. The Balaban J connectivity index is 2.11. The summed E-state index contributed by atoms with van der Waals surface area (Å²) in [5.74, 6) is 1.93. The molecule has 4 nitrogen and oxygen atoms in total. The van der Waals surface area contributed by atoms with Gasteiger partial charge < -0.3 is 9.64 Å². The molecule has 88 valence electrons. The zero-order valence-electron chi connectivity index (χ0n) is 9.56. The molecule has 0 amide bonds. The van der Waals surface area contributed by atoms with Gasteiger partial charge in [0.2, 0.25) is 0 Å². The van der Waals surface area contributed by atoms with Crippen molar-refractivity contribution in [2.45, 2.75) is 6.92 Å². The van der Waals surface area contributed by atoms with E-state index in [4.69, 9.17) is 16.3 Å². The molecule has 0 bridgehead atoms. The Morgan fingerprint density at radius 3 is 2.88 bits per heavy atom. The van der Waals surface area contributed by atoms with Gasteiger partial charge in [-0.15, -0.1) is 0 Å². The number of hydrogen-bond acceptors (Lipinski definition) is 4. The van der Waals surface area contributed by atoms with Gasteiger partial charge in [0.05, 0.1) is 6.61 Å². The van der Waals surface area contributed by atoms with Crippen molar-refractivity contribution >= 4 is 17.4 Å². The lowest BCUT2D eigenvalue weighted by atomic mass is 10.00. The number of rotatable bonds is 3. The summed E-state index contributed by atoms with van der Waals surface area (Å²) in [5.41, 5.74) is 0. The van der Waals surface area contributed by atoms with E-state index < -0.39 is 0 Å². The van der Waals surface area contributed by atoms with Gasteiger partial charge in [-0.3, -0.25) is 0 Å². The number of halogens is 1. The summed E-state index contributed by atoms with van der Waals surface area (Å²) in [6.45, 7) is 4.92. The molecule has 0 unspecified atom stereocenters. The van der Waals surface area contributed by atoms with Crippen molar-refractivity contribution < 1.29 is 4.74 Å². The Kier molecular flexibility index (Phi) is 3.61. The van der Waals surface area contributed by atoms with E-state index in [1.165, 1.54) is 0 Å². The number of methoxy groups -OCH3 is 1. The molecule has 1 fully saturated rings. The maximum atomic E-state index is 6.03. The summed E-state index contributed by atoms with van der Waals surface area (Å²) in [6.07, 6.45) is 3.29. The standard InChI is InChI=1S/C11H16ClN3O/c1-8-5-15(6-9(8)7-16-2)11-10(12)13-3-4-14-11/h3-4,8-9H,5-7H2,1-2H3/t8-,9+/m0/s1. The van der Waals surface area contributed by atoms with Crippen LogP contribution in [0.3, 0.4) is 0 Å². The SMILES string of the molecule is COC[C@H]1CN(c2nccnc2Cl)C[C@@H]1C. The third-order valence-corrected chi connectivity index (χ3v) is 3.35. The van der Waals surface area contributed by atoms with Crippen LogP contribution in [0.5, 0.6) is 0 Å². The first-order valence-electron chi connectivity index (χ1n) is 5.42. The van der Waals surface area contributed by atoms with Crippen LogP contribution >= 0.6 is 11.6 Å². The van der Waals surface area contributed by atoms with E-state index in [0.717, 1.165) is 25.5 Å². The molecule has 1 saturated heterocycles. The first-order chi connectivity index (χ1) is 7.72. The topological polar surface area (TPSA) is 38.2 Å². The largest absolute Gasteiger partial charge is 0.384 e. The quantitative estimate of drug-likeness (QED) is 0.810. The second-order valence-electron chi connectivity index (χ2n) is 4.27. The maximum Gasteiger partial charge on any atom is 0.171 e. The molecular weight excluding hydrogens is 226 g/mol. The highest BCUT2D eigenvalue weighted by Crippen LogP contribution is 2.29. The Bertz CT molecular complexity index is 361. The van der Waals surface area contributed by atoms with Crippen LogP contribution in [-0.4, -0.2) is 36.8 Å².